The van der Waals surface area contributed by atoms with Crippen molar-refractivity contribution in [3.05, 3.63) is 21.4 Å². The monoisotopic (exact) mass is 296 g/mol. The molecule has 0 radical (unpaired) electrons. The van der Waals surface area contributed by atoms with Gasteiger partial charge in [-0.25, -0.2) is 0 Å². The summed E-state index contributed by atoms with van der Waals surface area (Å²) in [5.41, 5.74) is 1.37. The highest BCUT2D eigenvalue weighted by atomic mass is 32.2. The molecule has 1 aromatic rings. The minimum atomic E-state index is 0.246. The number of amides is 1. The maximum atomic E-state index is 12.4. The van der Waals surface area contributed by atoms with Gasteiger partial charge in [-0.05, 0) is 25.5 Å². The molecule has 19 heavy (non-hydrogen) atoms. The highest BCUT2D eigenvalue weighted by Crippen LogP contribution is 2.33. The van der Waals surface area contributed by atoms with E-state index < -0.39 is 0 Å². The molecule has 0 bridgehead atoms. The van der Waals surface area contributed by atoms with Gasteiger partial charge in [0, 0.05) is 48.6 Å². The predicted octanol–water partition coefficient (Wildman–Crippen LogP) is 2.66. The average Bonchev–Trinajstić information content (AvgIpc) is 2.97. The van der Waals surface area contributed by atoms with Crippen LogP contribution in [0.5, 0.6) is 0 Å². The minimum absolute atomic E-state index is 0.246. The maximum Gasteiger partial charge on any atom is 0.263 e. The van der Waals surface area contributed by atoms with Gasteiger partial charge in [0.25, 0.3) is 5.91 Å². The van der Waals surface area contributed by atoms with Crippen LogP contribution in [0, 0.1) is 0 Å². The number of hydrogen-bond donors (Lipinski definition) is 0. The van der Waals surface area contributed by atoms with Crippen LogP contribution in [0.1, 0.15) is 34.0 Å². The van der Waals surface area contributed by atoms with Crippen LogP contribution in [-0.4, -0.2) is 46.3 Å². The molecule has 5 heteroatoms. The van der Waals surface area contributed by atoms with Crippen molar-refractivity contribution in [3.63, 3.8) is 0 Å². The summed E-state index contributed by atoms with van der Waals surface area (Å²) >= 11 is 3.65. The van der Waals surface area contributed by atoms with Gasteiger partial charge < -0.3 is 4.90 Å². The summed E-state index contributed by atoms with van der Waals surface area (Å²) in [7, 11) is 0. The number of carbonyl (C=O) groups is 1. The normalized spacial score (nSPS) is 20.1. The van der Waals surface area contributed by atoms with Gasteiger partial charge >= 0.3 is 0 Å². The molecule has 1 aromatic heterocycles. The second kappa shape index (κ2) is 5.46. The molecular weight excluding hydrogens is 276 g/mol. The SMILES string of the molecule is CC(C)N1Cc2cc(C(=O)N3CCSCC3)sc2C1. The molecule has 2 aliphatic heterocycles. The molecule has 1 fully saturated rings. The molecule has 104 valence electrons. The number of fused-ring (bicyclic) bond motifs is 1. The molecule has 0 aliphatic carbocycles. The number of nitrogens with zero attached hydrogens (tertiary/aromatic N) is 2. The van der Waals surface area contributed by atoms with Gasteiger partial charge in [-0.2, -0.15) is 11.8 Å². The average molecular weight is 296 g/mol. The molecule has 1 amide bonds. The van der Waals surface area contributed by atoms with Crippen LogP contribution in [0.25, 0.3) is 0 Å². The number of rotatable bonds is 2. The lowest BCUT2D eigenvalue weighted by atomic mass is 10.2. The van der Waals surface area contributed by atoms with E-state index in [4.69, 9.17) is 0 Å². The lowest BCUT2D eigenvalue weighted by Crippen LogP contribution is -2.37. The lowest BCUT2D eigenvalue weighted by molar-refractivity contribution is 0.0777. The van der Waals surface area contributed by atoms with Crippen LogP contribution in [0.15, 0.2) is 6.07 Å². The molecule has 0 spiro atoms. The first-order chi connectivity index (χ1) is 9.15. The standard InChI is InChI=1S/C14H20N2OS2/c1-10(2)16-8-11-7-12(19-13(11)9-16)14(17)15-3-5-18-6-4-15/h7,10H,3-6,8-9H2,1-2H3. The van der Waals surface area contributed by atoms with Crippen molar-refractivity contribution in [2.24, 2.45) is 0 Å². The van der Waals surface area contributed by atoms with E-state index in [1.807, 2.05) is 16.7 Å². The van der Waals surface area contributed by atoms with Gasteiger partial charge in [0.15, 0.2) is 0 Å². The first kappa shape index (κ1) is 13.5. The predicted molar refractivity (Wildman–Crippen MR) is 81.9 cm³/mol. The Labute approximate surface area is 123 Å². The van der Waals surface area contributed by atoms with Crippen molar-refractivity contribution in [2.45, 2.75) is 33.0 Å². The van der Waals surface area contributed by atoms with Gasteiger partial charge in [0.2, 0.25) is 0 Å². The fraction of sp³-hybridized carbons (Fsp3) is 0.643. The fourth-order valence-corrected chi connectivity index (χ4v) is 4.66. The molecule has 0 atom stereocenters. The van der Waals surface area contributed by atoms with E-state index >= 15 is 0 Å². The van der Waals surface area contributed by atoms with Crippen LogP contribution in [0.4, 0.5) is 0 Å². The van der Waals surface area contributed by atoms with Gasteiger partial charge in [-0.15, -0.1) is 11.3 Å². The molecule has 0 N–H and O–H groups in total. The summed E-state index contributed by atoms with van der Waals surface area (Å²) in [6, 6.07) is 2.71. The Balaban J connectivity index is 1.71. The van der Waals surface area contributed by atoms with Gasteiger partial charge in [-0.1, -0.05) is 0 Å². The van der Waals surface area contributed by atoms with E-state index in [0.29, 0.717) is 6.04 Å². The minimum Gasteiger partial charge on any atom is -0.336 e. The summed E-state index contributed by atoms with van der Waals surface area (Å²) in [6.45, 7) is 8.30. The van der Waals surface area contributed by atoms with Crippen molar-refractivity contribution in [1.29, 1.82) is 0 Å². The molecule has 0 saturated carbocycles. The van der Waals surface area contributed by atoms with E-state index in [0.717, 1.165) is 42.6 Å². The lowest BCUT2D eigenvalue weighted by Gasteiger charge is -2.26. The first-order valence-corrected chi connectivity index (χ1v) is 8.85. The Kier molecular flexibility index (Phi) is 3.87. The topological polar surface area (TPSA) is 23.6 Å². The van der Waals surface area contributed by atoms with E-state index in [9.17, 15) is 4.79 Å². The molecular formula is C14H20N2OS2. The highest BCUT2D eigenvalue weighted by Gasteiger charge is 2.27. The van der Waals surface area contributed by atoms with Crippen LogP contribution < -0.4 is 0 Å². The Morgan fingerprint density at radius 2 is 2.00 bits per heavy atom. The van der Waals surface area contributed by atoms with Crippen LogP contribution in [0.2, 0.25) is 0 Å². The van der Waals surface area contributed by atoms with Crippen LogP contribution in [0.3, 0.4) is 0 Å². The van der Waals surface area contributed by atoms with Crippen molar-refractivity contribution in [1.82, 2.24) is 9.80 Å². The Morgan fingerprint density at radius 3 is 2.63 bits per heavy atom. The molecule has 2 aliphatic rings. The molecule has 3 heterocycles. The van der Waals surface area contributed by atoms with Crippen molar-refractivity contribution in [2.75, 3.05) is 24.6 Å². The summed E-state index contributed by atoms with van der Waals surface area (Å²) in [4.78, 5) is 19.2. The smallest absolute Gasteiger partial charge is 0.263 e. The zero-order valence-corrected chi connectivity index (χ0v) is 13.1. The second-order valence-electron chi connectivity index (χ2n) is 5.46. The quantitative estimate of drug-likeness (QED) is 0.838. The number of carbonyl (C=O) groups excluding carboxylic acids is 1. The van der Waals surface area contributed by atoms with Gasteiger partial charge in [0.1, 0.15) is 0 Å². The number of thiophene rings is 1. The van der Waals surface area contributed by atoms with Crippen LogP contribution >= 0.6 is 23.1 Å². The van der Waals surface area contributed by atoms with E-state index in [-0.39, 0.29) is 5.91 Å². The third kappa shape index (κ3) is 2.69. The Hall–Kier alpha value is -0.520. The van der Waals surface area contributed by atoms with Gasteiger partial charge in [0.05, 0.1) is 4.88 Å². The van der Waals surface area contributed by atoms with Crippen LogP contribution in [-0.2, 0) is 13.1 Å². The maximum absolute atomic E-state index is 12.4. The third-order valence-electron chi connectivity index (χ3n) is 3.86. The highest BCUT2D eigenvalue weighted by molar-refractivity contribution is 7.99. The Bertz CT molecular complexity index is 454. The Morgan fingerprint density at radius 1 is 1.26 bits per heavy atom. The third-order valence-corrected chi connectivity index (χ3v) is 5.95. The summed E-state index contributed by atoms with van der Waals surface area (Å²) in [5, 5.41) is 0. The molecule has 1 saturated heterocycles. The largest absolute Gasteiger partial charge is 0.336 e. The fourth-order valence-electron chi connectivity index (χ4n) is 2.59. The van der Waals surface area contributed by atoms with Crippen molar-refractivity contribution in [3.8, 4) is 0 Å². The first-order valence-electron chi connectivity index (χ1n) is 6.88. The summed E-state index contributed by atoms with van der Waals surface area (Å²) < 4.78 is 0. The number of thioether (sulfide) groups is 1. The van der Waals surface area contributed by atoms with Gasteiger partial charge in [-0.3, -0.25) is 9.69 Å². The summed E-state index contributed by atoms with van der Waals surface area (Å²) in [6.07, 6.45) is 0. The molecule has 0 unspecified atom stereocenters. The molecule has 3 rings (SSSR count). The van der Waals surface area contributed by atoms with E-state index in [1.165, 1.54) is 10.4 Å². The van der Waals surface area contributed by atoms with E-state index in [2.05, 4.69) is 24.8 Å². The summed E-state index contributed by atoms with van der Waals surface area (Å²) in [5.74, 6) is 2.41. The zero-order valence-electron chi connectivity index (χ0n) is 11.5. The second-order valence-corrected chi connectivity index (χ2v) is 7.82. The number of hydrogen-bond acceptors (Lipinski definition) is 4. The zero-order chi connectivity index (χ0) is 13.4. The molecule has 3 nitrogen and oxygen atoms in total. The van der Waals surface area contributed by atoms with Crippen molar-refractivity contribution < 1.29 is 4.79 Å². The van der Waals surface area contributed by atoms with Crippen molar-refractivity contribution >= 4 is 29.0 Å². The van der Waals surface area contributed by atoms with E-state index in [1.54, 1.807) is 11.3 Å². The molecule has 0 aromatic carbocycles.